The number of carboxylic acids is 1. The molecular formula is C28H27FN6O4. The van der Waals surface area contributed by atoms with Crippen molar-refractivity contribution in [3.8, 4) is 11.5 Å². The molecule has 0 bridgehead atoms. The van der Waals surface area contributed by atoms with E-state index in [1.807, 2.05) is 0 Å². The molecule has 0 atom stereocenters. The van der Waals surface area contributed by atoms with E-state index in [1.165, 1.54) is 24.5 Å². The van der Waals surface area contributed by atoms with Crippen LogP contribution in [0.15, 0.2) is 79.1 Å². The van der Waals surface area contributed by atoms with Crippen LogP contribution < -0.4 is 20.7 Å². The minimum absolute atomic E-state index is 0.331. The summed E-state index contributed by atoms with van der Waals surface area (Å²) in [6.07, 6.45) is 4.48. The molecule has 1 aliphatic rings. The molecule has 5 rings (SSSR count). The number of nitrogens with one attached hydrogen (secondary N) is 3. The van der Waals surface area contributed by atoms with Crippen molar-refractivity contribution in [1.29, 1.82) is 0 Å². The molecule has 2 aromatic carbocycles. The number of carboxylic acid groups (broad SMARTS) is 1. The number of hydrogen-bond acceptors (Lipinski definition) is 7. The first-order valence-electron chi connectivity index (χ1n) is 12.5. The predicted octanol–water partition coefficient (Wildman–Crippen LogP) is 5.03. The van der Waals surface area contributed by atoms with Crippen LogP contribution in [0.1, 0.15) is 18.5 Å². The monoisotopic (exact) mass is 530 g/mol. The SMILES string of the molecule is O=C(Nc1ccc(CC2(C(=O)O)CCNCC2)nc1)n1ccc(Nc2ccc(Oc3ccc(F)cc3)cc2)n1. The van der Waals surface area contributed by atoms with E-state index in [4.69, 9.17) is 4.74 Å². The Bertz CT molecular complexity index is 1430. The van der Waals surface area contributed by atoms with Crippen LogP contribution >= 0.6 is 0 Å². The number of anilines is 3. The standard InChI is InChI=1S/C28H27FN6O4/c29-19-1-7-23(8-2-19)39-24-9-5-20(6-10-24)32-25-11-16-35(34-25)27(38)33-22-4-3-21(31-18-22)17-28(26(36)37)12-14-30-15-13-28/h1-11,16,18,30H,12-15,17H2,(H,32,34)(H,33,38)(H,36,37). The molecule has 1 aliphatic heterocycles. The van der Waals surface area contributed by atoms with Gasteiger partial charge >= 0.3 is 12.0 Å². The third-order valence-electron chi connectivity index (χ3n) is 6.58. The van der Waals surface area contributed by atoms with Gasteiger partial charge in [0.2, 0.25) is 0 Å². The zero-order chi connectivity index (χ0) is 27.2. The molecule has 0 unspecified atom stereocenters. The fourth-order valence-corrected chi connectivity index (χ4v) is 4.40. The molecule has 4 aromatic rings. The molecule has 10 nitrogen and oxygen atoms in total. The number of carbonyl (C=O) groups is 2. The van der Waals surface area contributed by atoms with Gasteiger partial charge in [0.25, 0.3) is 0 Å². The summed E-state index contributed by atoms with van der Waals surface area (Å²) >= 11 is 0. The molecule has 1 fully saturated rings. The molecule has 4 N–H and O–H groups in total. The highest BCUT2D eigenvalue weighted by Crippen LogP contribution is 2.33. The van der Waals surface area contributed by atoms with Crippen LogP contribution in [0, 0.1) is 11.2 Å². The minimum atomic E-state index is -0.822. The zero-order valence-electron chi connectivity index (χ0n) is 20.9. The van der Waals surface area contributed by atoms with Crippen LogP contribution in [0.2, 0.25) is 0 Å². The van der Waals surface area contributed by atoms with Crippen molar-refractivity contribution in [2.24, 2.45) is 5.41 Å². The van der Waals surface area contributed by atoms with Gasteiger partial charge in [-0.2, -0.15) is 4.68 Å². The second-order valence-electron chi connectivity index (χ2n) is 9.33. The molecule has 200 valence electrons. The van der Waals surface area contributed by atoms with E-state index >= 15 is 0 Å². The zero-order valence-corrected chi connectivity index (χ0v) is 20.9. The quantitative estimate of drug-likeness (QED) is 0.250. The maximum Gasteiger partial charge on any atom is 0.346 e. The predicted molar refractivity (Wildman–Crippen MR) is 143 cm³/mol. The van der Waals surface area contributed by atoms with Crippen molar-refractivity contribution in [3.63, 3.8) is 0 Å². The average molecular weight is 531 g/mol. The number of rotatable bonds is 8. The number of aliphatic carboxylic acids is 1. The molecule has 1 saturated heterocycles. The number of pyridine rings is 1. The maximum absolute atomic E-state index is 13.0. The molecule has 0 saturated carbocycles. The molecular weight excluding hydrogens is 503 g/mol. The second kappa shape index (κ2) is 11.3. The molecule has 0 radical (unpaired) electrons. The smallest absolute Gasteiger partial charge is 0.346 e. The van der Waals surface area contributed by atoms with Gasteiger partial charge in [-0.15, -0.1) is 5.10 Å². The number of carbonyl (C=O) groups excluding carboxylic acids is 1. The first-order chi connectivity index (χ1) is 18.9. The Morgan fingerprint density at radius 2 is 1.64 bits per heavy atom. The highest BCUT2D eigenvalue weighted by atomic mass is 19.1. The Balaban J connectivity index is 1.15. The Hall–Kier alpha value is -4.77. The lowest BCUT2D eigenvalue weighted by molar-refractivity contribution is -0.150. The summed E-state index contributed by atoms with van der Waals surface area (Å²) in [6.45, 7) is 1.33. The Morgan fingerprint density at radius 3 is 2.28 bits per heavy atom. The van der Waals surface area contributed by atoms with Crippen LogP contribution in [-0.2, 0) is 11.2 Å². The third-order valence-corrected chi connectivity index (χ3v) is 6.58. The molecule has 1 amide bonds. The maximum atomic E-state index is 13.0. The minimum Gasteiger partial charge on any atom is -0.481 e. The summed E-state index contributed by atoms with van der Waals surface area (Å²) < 4.78 is 19.9. The van der Waals surface area contributed by atoms with Crippen molar-refractivity contribution in [2.75, 3.05) is 23.7 Å². The number of piperidine rings is 1. The van der Waals surface area contributed by atoms with E-state index in [-0.39, 0.29) is 5.82 Å². The fourth-order valence-electron chi connectivity index (χ4n) is 4.40. The highest BCUT2D eigenvalue weighted by Gasteiger charge is 2.40. The van der Waals surface area contributed by atoms with Gasteiger partial charge in [-0.3, -0.25) is 9.78 Å². The number of hydrogen-bond donors (Lipinski definition) is 4. The van der Waals surface area contributed by atoms with E-state index in [9.17, 15) is 19.1 Å². The topological polar surface area (TPSA) is 130 Å². The molecule has 3 heterocycles. The average Bonchev–Trinajstić information content (AvgIpc) is 3.41. The summed E-state index contributed by atoms with van der Waals surface area (Å²) in [6, 6.07) is 17.5. The molecule has 0 spiro atoms. The number of amides is 1. The van der Waals surface area contributed by atoms with E-state index in [0.717, 1.165) is 10.4 Å². The van der Waals surface area contributed by atoms with Gasteiger partial charge in [0, 0.05) is 30.1 Å². The Morgan fingerprint density at radius 1 is 0.974 bits per heavy atom. The van der Waals surface area contributed by atoms with Gasteiger partial charge < -0.3 is 25.8 Å². The second-order valence-corrected chi connectivity index (χ2v) is 9.33. The van der Waals surface area contributed by atoms with Crippen LogP contribution in [0.25, 0.3) is 0 Å². The highest BCUT2D eigenvalue weighted by molar-refractivity contribution is 5.90. The van der Waals surface area contributed by atoms with Crippen LogP contribution in [0.4, 0.5) is 26.4 Å². The van der Waals surface area contributed by atoms with E-state index < -0.39 is 17.4 Å². The van der Waals surface area contributed by atoms with Gasteiger partial charge in [0.15, 0.2) is 5.82 Å². The van der Waals surface area contributed by atoms with Gasteiger partial charge in [-0.25, -0.2) is 9.18 Å². The first-order valence-corrected chi connectivity index (χ1v) is 12.5. The summed E-state index contributed by atoms with van der Waals surface area (Å²) in [4.78, 5) is 29.0. The van der Waals surface area contributed by atoms with Crippen molar-refractivity contribution < 1.29 is 23.8 Å². The van der Waals surface area contributed by atoms with Crippen LogP contribution in [0.3, 0.4) is 0 Å². The Kier molecular flexibility index (Phi) is 7.50. The van der Waals surface area contributed by atoms with Crippen molar-refractivity contribution >= 4 is 29.2 Å². The van der Waals surface area contributed by atoms with Crippen molar-refractivity contribution in [3.05, 3.63) is 90.6 Å². The number of benzene rings is 2. The lowest BCUT2D eigenvalue weighted by atomic mass is 9.75. The van der Waals surface area contributed by atoms with Gasteiger partial charge in [0.05, 0.1) is 17.3 Å². The number of halogens is 1. The van der Waals surface area contributed by atoms with E-state index in [1.54, 1.807) is 54.6 Å². The summed E-state index contributed by atoms with van der Waals surface area (Å²) in [5, 5.41) is 23.1. The number of nitrogens with zero attached hydrogens (tertiary/aromatic N) is 3. The normalized spacial score (nSPS) is 14.4. The lowest BCUT2D eigenvalue weighted by Gasteiger charge is -2.33. The van der Waals surface area contributed by atoms with Gasteiger partial charge in [-0.1, -0.05) is 0 Å². The first kappa shape index (κ1) is 25.9. The molecule has 0 aliphatic carbocycles. The molecule has 11 heteroatoms. The third kappa shape index (κ3) is 6.39. The fraction of sp³-hybridized carbons (Fsp3) is 0.214. The van der Waals surface area contributed by atoms with Crippen LogP contribution in [-0.4, -0.2) is 45.0 Å². The Labute approximate surface area is 223 Å². The van der Waals surface area contributed by atoms with E-state index in [2.05, 4.69) is 26.0 Å². The number of aromatic nitrogens is 3. The largest absolute Gasteiger partial charge is 0.481 e. The van der Waals surface area contributed by atoms with Crippen molar-refractivity contribution in [2.45, 2.75) is 19.3 Å². The van der Waals surface area contributed by atoms with E-state index in [0.29, 0.717) is 61.1 Å². The van der Waals surface area contributed by atoms with Gasteiger partial charge in [-0.05, 0) is 86.6 Å². The molecule has 39 heavy (non-hydrogen) atoms. The van der Waals surface area contributed by atoms with Crippen LogP contribution in [0.5, 0.6) is 11.5 Å². The van der Waals surface area contributed by atoms with Crippen molar-refractivity contribution in [1.82, 2.24) is 20.1 Å². The summed E-state index contributed by atoms with van der Waals surface area (Å²) in [5.74, 6) is 0.443. The lowest BCUT2D eigenvalue weighted by Crippen LogP contribution is -2.43. The summed E-state index contributed by atoms with van der Waals surface area (Å²) in [7, 11) is 0. The number of ether oxygens (including phenoxy) is 1. The summed E-state index contributed by atoms with van der Waals surface area (Å²) in [5.41, 5.74) is 1.05. The molecule has 2 aromatic heterocycles. The van der Waals surface area contributed by atoms with Gasteiger partial charge in [0.1, 0.15) is 17.3 Å².